The summed E-state index contributed by atoms with van der Waals surface area (Å²) >= 11 is 0.677. The quantitative estimate of drug-likeness (QED) is 0.426. The Bertz CT molecular complexity index is 1040. The number of rotatable bonds is 9. The Labute approximate surface area is 196 Å². The van der Waals surface area contributed by atoms with Crippen molar-refractivity contribution in [3.05, 3.63) is 40.2 Å². The number of amides is 2. The van der Waals surface area contributed by atoms with E-state index < -0.39 is 44.2 Å². The molecule has 1 aliphatic carbocycles. The number of urea groups is 1. The molecule has 0 aromatic carbocycles. The Morgan fingerprint density at radius 3 is 2.58 bits per heavy atom. The van der Waals surface area contributed by atoms with Gasteiger partial charge in [0.2, 0.25) is 0 Å². The summed E-state index contributed by atoms with van der Waals surface area (Å²) in [7, 11) is -3.93. The average molecular weight is 510 g/mol. The molecule has 4 N–H and O–H groups in total. The number of thiophene rings is 1. The molecule has 0 fully saturated rings. The van der Waals surface area contributed by atoms with Crippen LogP contribution in [0.5, 0.6) is 0 Å². The molecule has 1 heterocycles. The van der Waals surface area contributed by atoms with E-state index in [1.165, 1.54) is 26.0 Å². The highest BCUT2D eigenvalue weighted by Gasteiger charge is 2.31. The highest BCUT2D eigenvalue weighted by molar-refractivity contribution is 7.93. The normalized spacial score (nSPS) is 20.7. The van der Waals surface area contributed by atoms with Gasteiger partial charge in [-0.2, -0.15) is 8.78 Å². The lowest BCUT2D eigenvalue weighted by Crippen LogP contribution is -2.42. The molecule has 33 heavy (non-hydrogen) atoms. The molecule has 3 atom stereocenters. The van der Waals surface area contributed by atoms with Gasteiger partial charge in [-0.05, 0) is 50.5 Å². The monoisotopic (exact) mass is 509 g/mol. The second-order valence-electron chi connectivity index (χ2n) is 8.26. The van der Waals surface area contributed by atoms with Gasteiger partial charge >= 0.3 is 12.6 Å². The number of halogens is 3. The van der Waals surface area contributed by atoms with E-state index in [1.54, 1.807) is 0 Å². The van der Waals surface area contributed by atoms with Crippen LogP contribution in [0.3, 0.4) is 0 Å². The average Bonchev–Trinajstić information content (AvgIpc) is 3.07. The van der Waals surface area contributed by atoms with Gasteiger partial charge in [0.1, 0.15) is 5.76 Å². The SMILES string of the molecule is CCCC1=CC(OC(F)F)=CC(CCC)C1NC(=O)N=S(N)(=O)c1sc(C(C)(C)O)cc1F. The van der Waals surface area contributed by atoms with Crippen molar-refractivity contribution in [1.82, 2.24) is 5.32 Å². The van der Waals surface area contributed by atoms with E-state index in [2.05, 4.69) is 14.4 Å². The van der Waals surface area contributed by atoms with Crippen molar-refractivity contribution in [2.45, 2.75) is 75.8 Å². The Morgan fingerprint density at radius 1 is 1.39 bits per heavy atom. The van der Waals surface area contributed by atoms with Crippen LogP contribution in [0.4, 0.5) is 18.0 Å². The number of nitrogens with two attached hydrogens (primary N) is 1. The summed E-state index contributed by atoms with van der Waals surface area (Å²) < 4.78 is 60.4. The van der Waals surface area contributed by atoms with E-state index >= 15 is 0 Å². The molecule has 0 saturated carbocycles. The largest absolute Gasteiger partial charge is 0.435 e. The predicted molar refractivity (Wildman–Crippen MR) is 121 cm³/mol. The third-order valence-corrected chi connectivity index (χ3v) is 8.29. The van der Waals surface area contributed by atoms with E-state index in [-0.39, 0.29) is 16.6 Å². The van der Waals surface area contributed by atoms with Gasteiger partial charge in [-0.3, -0.25) is 0 Å². The first-order valence-electron chi connectivity index (χ1n) is 10.5. The van der Waals surface area contributed by atoms with Gasteiger partial charge in [0.25, 0.3) is 0 Å². The number of aliphatic hydroxyl groups is 1. The van der Waals surface area contributed by atoms with Gasteiger partial charge in [-0.25, -0.2) is 18.5 Å². The fourth-order valence-electron chi connectivity index (χ4n) is 3.56. The maximum absolute atomic E-state index is 14.4. The summed E-state index contributed by atoms with van der Waals surface area (Å²) in [5.74, 6) is -1.26. The summed E-state index contributed by atoms with van der Waals surface area (Å²) in [6.07, 6.45) is 5.44. The van der Waals surface area contributed by atoms with Crippen LogP contribution in [0.2, 0.25) is 0 Å². The third-order valence-electron chi connectivity index (χ3n) is 4.94. The summed E-state index contributed by atoms with van der Waals surface area (Å²) in [4.78, 5) is 12.9. The minimum absolute atomic E-state index is 0.0248. The maximum Gasteiger partial charge on any atom is 0.387 e. The number of carbonyl (C=O) groups excluding carboxylic acids is 1. The molecular weight excluding hydrogens is 479 g/mol. The van der Waals surface area contributed by atoms with Crippen LogP contribution in [0, 0.1) is 11.7 Å². The second kappa shape index (κ2) is 11.0. The number of allylic oxidation sites excluding steroid dienone is 1. The van der Waals surface area contributed by atoms with Crippen LogP contribution in [0.1, 0.15) is 58.3 Å². The third kappa shape index (κ3) is 7.29. The van der Waals surface area contributed by atoms with Crippen molar-refractivity contribution in [3.8, 4) is 0 Å². The number of carbonyl (C=O) groups is 1. The van der Waals surface area contributed by atoms with E-state index in [4.69, 9.17) is 5.14 Å². The van der Waals surface area contributed by atoms with Crippen LogP contribution in [0.15, 0.2) is 38.1 Å². The molecule has 2 rings (SSSR count). The molecule has 1 aromatic heterocycles. The first-order chi connectivity index (χ1) is 15.3. The van der Waals surface area contributed by atoms with Gasteiger partial charge in [-0.15, -0.1) is 15.7 Å². The molecule has 2 amide bonds. The molecule has 1 aliphatic rings. The van der Waals surface area contributed by atoms with Crippen molar-refractivity contribution in [2.24, 2.45) is 15.4 Å². The zero-order chi connectivity index (χ0) is 25.0. The number of alkyl halides is 2. The first-order valence-corrected chi connectivity index (χ1v) is 12.9. The van der Waals surface area contributed by atoms with Gasteiger partial charge in [-0.1, -0.05) is 26.7 Å². The molecule has 7 nitrogen and oxygen atoms in total. The van der Waals surface area contributed by atoms with Gasteiger partial charge in [0.15, 0.2) is 19.9 Å². The molecular formula is C21H30F3N3O4S2. The van der Waals surface area contributed by atoms with Crippen molar-refractivity contribution in [1.29, 1.82) is 0 Å². The van der Waals surface area contributed by atoms with Crippen molar-refractivity contribution >= 4 is 27.3 Å². The first kappa shape index (κ1) is 27.4. The van der Waals surface area contributed by atoms with E-state index in [9.17, 15) is 27.3 Å². The lowest BCUT2D eigenvalue weighted by molar-refractivity contribution is -0.0930. The topological polar surface area (TPSA) is 114 Å². The smallest absolute Gasteiger partial charge is 0.387 e. The Hall–Kier alpha value is -1.89. The molecule has 0 bridgehead atoms. The highest BCUT2D eigenvalue weighted by atomic mass is 32.2. The summed E-state index contributed by atoms with van der Waals surface area (Å²) in [5, 5.41) is 18.4. The molecule has 3 unspecified atom stereocenters. The van der Waals surface area contributed by atoms with Crippen LogP contribution in [-0.2, 0) is 20.3 Å². The van der Waals surface area contributed by atoms with E-state index in [1.807, 2.05) is 13.8 Å². The zero-order valence-corrected chi connectivity index (χ0v) is 20.6. The van der Waals surface area contributed by atoms with Crippen LogP contribution in [0.25, 0.3) is 0 Å². The predicted octanol–water partition coefficient (Wildman–Crippen LogP) is 5.17. The Kier molecular flexibility index (Phi) is 9.14. The van der Waals surface area contributed by atoms with Crippen molar-refractivity contribution in [3.63, 3.8) is 0 Å². The van der Waals surface area contributed by atoms with Gasteiger partial charge in [0.05, 0.1) is 11.6 Å². The standard InChI is InChI=1S/C21H30F3N3O4S2/c1-5-7-12-9-14(31-19(23)24)10-13(8-6-2)17(12)26-20(28)27-33(25,30)18-15(22)11-16(32-18)21(3,4)29/h9-12,17,19,29H,5-8H2,1-4H3,(H3,25,26,27,28,30). The van der Waals surface area contributed by atoms with E-state index in [0.29, 0.717) is 42.6 Å². The molecule has 1 aromatic rings. The van der Waals surface area contributed by atoms with Crippen LogP contribution >= 0.6 is 11.3 Å². The number of nitrogens with zero attached hydrogens (tertiary/aromatic N) is 1. The number of nitrogens with one attached hydrogen (secondary N) is 1. The minimum atomic E-state index is -3.93. The molecule has 0 saturated heterocycles. The van der Waals surface area contributed by atoms with Gasteiger partial charge in [0, 0.05) is 10.8 Å². The zero-order valence-electron chi connectivity index (χ0n) is 18.9. The number of hydrogen-bond donors (Lipinski definition) is 3. The van der Waals surface area contributed by atoms with Crippen molar-refractivity contribution in [2.75, 3.05) is 0 Å². The van der Waals surface area contributed by atoms with Crippen LogP contribution < -0.4 is 10.5 Å². The molecule has 0 spiro atoms. The minimum Gasteiger partial charge on any atom is -0.435 e. The summed E-state index contributed by atoms with van der Waals surface area (Å²) in [6.45, 7) is 3.70. The van der Waals surface area contributed by atoms with Crippen LogP contribution in [-0.4, -0.2) is 28.0 Å². The lowest BCUT2D eigenvalue weighted by Gasteiger charge is -2.31. The Balaban J connectivity index is 2.35. The number of ether oxygens (including phenoxy) is 1. The highest BCUT2D eigenvalue weighted by Crippen LogP contribution is 2.34. The summed E-state index contributed by atoms with van der Waals surface area (Å²) in [6, 6.07) is -0.600. The molecule has 0 radical (unpaired) electrons. The molecule has 0 aliphatic heterocycles. The fraction of sp³-hybridized carbons (Fsp3) is 0.571. The Morgan fingerprint density at radius 2 is 2.06 bits per heavy atom. The molecule has 186 valence electrons. The lowest BCUT2D eigenvalue weighted by atomic mass is 9.83. The number of hydrogen-bond acceptors (Lipinski definition) is 5. The maximum atomic E-state index is 14.4. The van der Waals surface area contributed by atoms with Crippen molar-refractivity contribution < 1.29 is 32.0 Å². The fourth-order valence-corrected chi connectivity index (χ4v) is 5.90. The van der Waals surface area contributed by atoms with Gasteiger partial charge < -0.3 is 15.2 Å². The molecule has 12 heteroatoms. The second-order valence-corrected chi connectivity index (χ2v) is 11.3. The summed E-state index contributed by atoms with van der Waals surface area (Å²) in [5.41, 5.74) is -0.728. The van der Waals surface area contributed by atoms with E-state index in [0.717, 1.165) is 6.07 Å².